The van der Waals surface area contributed by atoms with Crippen molar-refractivity contribution in [1.82, 2.24) is 4.72 Å². The van der Waals surface area contributed by atoms with E-state index in [0.717, 1.165) is 11.8 Å². The normalized spacial score (nSPS) is 10.5. The molecule has 5 heteroatoms. The molecule has 0 atom stereocenters. The SMILES string of the molecule is CS(=O)(=O)NCc1ccccc1.[H-].[Na+]. The Kier molecular flexibility index (Phi) is 5.83. The van der Waals surface area contributed by atoms with Crippen molar-refractivity contribution in [2.24, 2.45) is 0 Å². The van der Waals surface area contributed by atoms with Crippen molar-refractivity contribution in [3.8, 4) is 0 Å². The zero-order valence-corrected chi connectivity index (χ0v) is 10.6. The molecule has 0 saturated heterocycles. The first-order valence-corrected chi connectivity index (χ1v) is 5.45. The van der Waals surface area contributed by atoms with Gasteiger partial charge in [0.2, 0.25) is 10.0 Å². The number of rotatable bonds is 3. The predicted octanol–water partition coefficient (Wildman–Crippen LogP) is -2.15. The quantitative estimate of drug-likeness (QED) is 0.577. The first kappa shape index (κ1) is 13.1. The summed E-state index contributed by atoms with van der Waals surface area (Å²) in [6, 6.07) is 9.39. The molecule has 0 saturated carbocycles. The van der Waals surface area contributed by atoms with E-state index < -0.39 is 10.0 Å². The van der Waals surface area contributed by atoms with E-state index in [1.165, 1.54) is 0 Å². The van der Waals surface area contributed by atoms with Crippen molar-refractivity contribution in [2.45, 2.75) is 6.54 Å². The molecule has 68 valence electrons. The van der Waals surface area contributed by atoms with Crippen molar-refractivity contribution >= 4 is 10.0 Å². The standard InChI is InChI=1S/C8H11NO2S.Na.H/c1-12(10,11)9-7-8-5-3-2-4-6-8;;/h2-6,9H,7H2,1H3;;/q;+1;-1. The molecule has 0 spiro atoms. The summed E-state index contributed by atoms with van der Waals surface area (Å²) < 4.78 is 23.8. The van der Waals surface area contributed by atoms with Gasteiger partial charge in [-0.15, -0.1) is 0 Å². The molecule has 13 heavy (non-hydrogen) atoms. The van der Waals surface area contributed by atoms with E-state index in [2.05, 4.69) is 4.72 Å². The summed E-state index contributed by atoms with van der Waals surface area (Å²) >= 11 is 0. The topological polar surface area (TPSA) is 46.2 Å². The minimum absolute atomic E-state index is 0. The van der Waals surface area contributed by atoms with E-state index >= 15 is 0 Å². The number of hydrogen-bond acceptors (Lipinski definition) is 2. The number of sulfonamides is 1. The molecule has 0 aliphatic rings. The molecule has 0 amide bonds. The molecule has 0 unspecified atom stereocenters. The molecule has 0 aliphatic carbocycles. The number of benzene rings is 1. The zero-order chi connectivity index (χ0) is 9.03. The van der Waals surface area contributed by atoms with Gasteiger partial charge in [-0.05, 0) is 5.56 Å². The minimum atomic E-state index is -3.07. The molecule has 0 bridgehead atoms. The molecule has 0 fully saturated rings. The first-order valence-electron chi connectivity index (χ1n) is 3.56. The summed E-state index contributed by atoms with van der Waals surface area (Å²) in [7, 11) is -3.07. The molecular weight excluding hydrogens is 197 g/mol. The monoisotopic (exact) mass is 209 g/mol. The summed E-state index contributed by atoms with van der Waals surface area (Å²) in [6.45, 7) is 0.361. The van der Waals surface area contributed by atoms with Gasteiger partial charge in [-0.2, -0.15) is 0 Å². The predicted molar refractivity (Wildman–Crippen MR) is 49.2 cm³/mol. The average Bonchev–Trinajstić information content (AvgIpc) is 2.02. The summed E-state index contributed by atoms with van der Waals surface area (Å²) in [6.07, 6.45) is 1.15. The fourth-order valence-corrected chi connectivity index (χ4v) is 1.24. The van der Waals surface area contributed by atoms with Crippen molar-refractivity contribution in [3.05, 3.63) is 35.9 Å². The van der Waals surface area contributed by atoms with E-state index in [-0.39, 0.29) is 31.0 Å². The molecule has 0 radical (unpaired) electrons. The van der Waals surface area contributed by atoms with Crippen LogP contribution < -0.4 is 34.3 Å². The Bertz CT molecular complexity index is 342. The Morgan fingerprint density at radius 2 is 1.85 bits per heavy atom. The van der Waals surface area contributed by atoms with Crippen LogP contribution in [0.25, 0.3) is 0 Å². The van der Waals surface area contributed by atoms with Crippen molar-refractivity contribution < 1.29 is 39.4 Å². The van der Waals surface area contributed by atoms with E-state index in [1.54, 1.807) is 0 Å². The molecule has 1 aromatic rings. The van der Waals surface area contributed by atoms with Crippen molar-refractivity contribution in [3.63, 3.8) is 0 Å². The smallest absolute Gasteiger partial charge is 1.00 e. The first-order chi connectivity index (χ1) is 5.58. The molecule has 1 rings (SSSR count). The average molecular weight is 209 g/mol. The molecule has 0 aromatic heterocycles. The van der Waals surface area contributed by atoms with Crippen molar-refractivity contribution in [2.75, 3.05) is 6.26 Å². The third-order valence-corrected chi connectivity index (χ3v) is 2.05. The maximum absolute atomic E-state index is 10.7. The van der Waals surface area contributed by atoms with Crippen LogP contribution in [0, 0.1) is 0 Å². The van der Waals surface area contributed by atoms with Crippen molar-refractivity contribution in [1.29, 1.82) is 0 Å². The molecule has 3 nitrogen and oxygen atoms in total. The van der Waals surface area contributed by atoms with Crippen LogP contribution in [-0.2, 0) is 16.6 Å². The van der Waals surface area contributed by atoms with E-state index in [0.29, 0.717) is 6.54 Å². The summed E-state index contributed by atoms with van der Waals surface area (Å²) in [4.78, 5) is 0. The van der Waals surface area contributed by atoms with Crippen LogP contribution in [0.3, 0.4) is 0 Å². The van der Waals surface area contributed by atoms with Crippen LogP contribution in [0.15, 0.2) is 30.3 Å². The van der Waals surface area contributed by atoms with Crippen LogP contribution in [0.4, 0.5) is 0 Å². The molecular formula is C8H12NNaO2S. The van der Waals surface area contributed by atoms with Gasteiger partial charge in [0.1, 0.15) is 0 Å². The maximum Gasteiger partial charge on any atom is 1.00 e. The van der Waals surface area contributed by atoms with Gasteiger partial charge in [-0.3, -0.25) is 0 Å². The van der Waals surface area contributed by atoms with Crippen LogP contribution >= 0.6 is 0 Å². The summed E-state index contributed by atoms with van der Waals surface area (Å²) in [5.74, 6) is 0. The second-order valence-corrected chi connectivity index (χ2v) is 4.41. The van der Waals surface area contributed by atoms with E-state index in [4.69, 9.17) is 0 Å². The maximum atomic E-state index is 10.7. The fraction of sp³-hybridized carbons (Fsp3) is 0.250. The summed E-state index contributed by atoms with van der Waals surface area (Å²) in [5, 5.41) is 0. The second-order valence-electron chi connectivity index (χ2n) is 2.58. The Morgan fingerprint density at radius 3 is 2.31 bits per heavy atom. The van der Waals surface area contributed by atoms with E-state index in [9.17, 15) is 8.42 Å². The van der Waals surface area contributed by atoms with Gasteiger partial charge in [0.25, 0.3) is 0 Å². The Hall–Kier alpha value is 0.130. The molecule has 1 N–H and O–H groups in total. The molecule has 0 heterocycles. The van der Waals surface area contributed by atoms with Crippen LogP contribution in [0.5, 0.6) is 0 Å². The van der Waals surface area contributed by atoms with Crippen LogP contribution in [-0.4, -0.2) is 14.7 Å². The fourth-order valence-electron chi connectivity index (χ4n) is 0.810. The van der Waals surface area contributed by atoms with E-state index in [1.807, 2.05) is 30.3 Å². The zero-order valence-electron chi connectivity index (χ0n) is 8.82. The largest absolute Gasteiger partial charge is 1.00 e. The van der Waals surface area contributed by atoms with Crippen LogP contribution in [0.1, 0.15) is 6.99 Å². The molecule has 1 aromatic carbocycles. The van der Waals surface area contributed by atoms with Gasteiger partial charge in [0.15, 0.2) is 0 Å². The van der Waals surface area contributed by atoms with Gasteiger partial charge in [0.05, 0.1) is 6.26 Å². The van der Waals surface area contributed by atoms with Gasteiger partial charge >= 0.3 is 29.6 Å². The Morgan fingerprint density at radius 1 is 1.31 bits per heavy atom. The van der Waals surface area contributed by atoms with Crippen LogP contribution in [0.2, 0.25) is 0 Å². The third kappa shape index (κ3) is 6.23. The summed E-state index contributed by atoms with van der Waals surface area (Å²) in [5.41, 5.74) is 0.961. The molecule has 0 aliphatic heterocycles. The minimum Gasteiger partial charge on any atom is -1.00 e. The Labute approximate surface area is 102 Å². The van der Waals surface area contributed by atoms with Gasteiger partial charge in [0, 0.05) is 6.54 Å². The van der Waals surface area contributed by atoms with Gasteiger partial charge < -0.3 is 1.43 Å². The van der Waals surface area contributed by atoms with Gasteiger partial charge in [-0.25, -0.2) is 13.1 Å². The number of nitrogens with one attached hydrogen (secondary N) is 1. The third-order valence-electron chi connectivity index (χ3n) is 1.38. The second kappa shape index (κ2) is 5.78. The Balaban J connectivity index is 0. The number of hydrogen-bond donors (Lipinski definition) is 1. The van der Waals surface area contributed by atoms with Gasteiger partial charge in [-0.1, -0.05) is 30.3 Å².